The van der Waals surface area contributed by atoms with Crippen LogP contribution in [0, 0.1) is 5.92 Å². The fourth-order valence-corrected chi connectivity index (χ4v) is 1.16. The molecule has 0 aliphatic rings. The Morgan fingerprint density at radius 1 is 1.25 bits per heavy atom. The summed E-state index contributed by atoms with van der Waals surface area (Å²) in [4.78, 5) is 0. The van der Waals surface area contributed by atoms with Crippen LogP contribution in [0.15, 0.2) is 4.42 Å². The van der Waals surface area contributed by atoms with Crippen molar-refractivity contribution in [3.63, 3.8) is 0 Å². The molecule has 16 heavy (non-hydrogen) atoms. The molecular formula is C11H22N4O. The zero-order chi connectivity index (χ0) is 12.2. The summed E-state index contributed by atoms with van der Waals surface area (Å²) >= 11 is 0. The van der Waals surface area contributed by atoms with E-state index < -0.39 is 0 Å². The molecule has 0 saturated carbocycles. The topological polar surface area (TPSA) is 63.0 Å². The van der Waals surface area contributed by atoms with Crippen LogP contribution in [0.2, 0.25) is 0 Å². The van der Waals surface area contributed by atoms with Gasteiger partial charge in [0.05, 0.1) is 6.54 Å². The molecule has 5 nitrogen and oxygen atoms in total. The number of hydrogen-bond acceptors (Lipinski definition) is 5. The Kier molecular flexibility index (Phi) is 4.29. The Labute approximate surface area is 97.0 Å². The van der Waals surface area contributed by atoms with E-state index in [4.69, 9.17) is 4.42 Å². The van der Waals surface area contributed by atoms with E-state index >= 15 is 0 Å². The van der Waals surface area contributed by atoms with Crippen molar-refractivity contribution in [2.75, 3.05) is 11.9 Å². The minimum Gasteiger partial charge on any atom is -0.407 e. The lowest BCUT2D eigenvalue weighted by atomic mass is 10.1. The number of nitrogens with one attached hydrogen (secondary N) is 2. The van der Waals surface area contributed by atoms with Gasteiger partial charge >= 0.3 is 6.01 Å². The predicted molar refractivity (Wildman–Crippen MR) is 64.2 cm³/mol. The highest BCUT2D eigenvalue weighted by Crippen LogP contribution is 2.12. The van der Waals surface area contributed by atoms with Crippen molar-refractivity contribution in [2.45, 2.75) is 46.7 Å². The average Bonchev–Trinajstić information content (AvgIpc) is 2.48. The van der Waals surface area contributed by atoms with Crippen molar-refractivity contribution in [3.8, 4) is 0 Å². The third-order valence-electron chi connectivity index (χ3n) is 1.78. The van der Waals surface area contributed by atoms with E-state index in [0.29, 0.717) is 24.4 Å². The van der Waals surface area contributed by atoms with Gasteiger partial charge in [0.25, 0.3) is 0 Å². The Balaban J connectivity index is 2.40. The summed E-state index contributed by atoms with van der Waals surface area (Å²) < 4.78 is 5.45. The van der Waals surface area contributed by atoms with Crippen molar-refractivity contribution >= 4 is 6.01 Å². The van der Waals surface area contributed by atoms with E-state index in [9.17, 15) is 0 Å². The summed E-state index contributed by atoms with van der Waals surface area (Å²) in [6.45, 7) is 12.0. The molecule has 0 aliphatic carbocycles. The smallest absolute Gasteiger partial charge is 0.315 e. The van der Waals surface area contributed by atoms with Crippen molar-refractivity contribution in [2.24, 2.45) is 5.92 Å². The van der Waals surface area contributed by atoms with E-state index in [1.165, 1.54) is 0 Å². The van der Waals surface area contributed by atoms with Crippen molar-refractivity contribution < 1.29 is 4.42 Å². The molecule has 0 aliphatic heterocycles. The van der Waals surface area contributed by atoms with E-state index in [1.807, 2.05) is 20.8 Å². The average molecular weight is 226 g/mol. The second-order valence-electron chi connectivity index (χ2n) is 5.40. The number of rotatable bonds is 5. The molecule has 0 aromatic carbocycles. The van der Waals surface area contributed by atoms with Gasteiger partial charge < -0.3 is 15.1 Å². The summed E-state index contributed by atoms with van der Waals surface area (Å²) in [5.74, 6) is 1.24. The van der Waals surface area contributed by atoms with Gasteiger partial charge in [0.1, 0.15) is 0 Å². The van der Waals surface area contributed by atoms with Gasteiger partial charge in [-0.3, -0.25) is 0 Å². The fourth-order valence-electron chi connectivity index (χ4n) is 1.16. The molecule has 0 amide bonds. The standard InChI is InChI=1S/C11H22N4O/c1-8(2)6-12-7-9-14-15-10(16-9)13-11(3,4)5/h8,12H,6-7H2,1-5H3,(H,13,15). The summed E-state index contributed by atoms with van der Waals surface area (Å²) in [6, 6.07) is 0.480. The summed E-state index contributed by atoms with van der Waals surface area (Å²) in [5, 5.41) is 14.3. The van der Waals surface area contributed by atoms with E-state index in [-0.39, 0.29) is 5.54 Å². The minimum atomic E-state index is -0.0604. The highest BCUT2D eigenvalue weighted by molar-refractivity contribution is 5.21. The van der Waals surface area contributed by atoms with Crippen LogP contribution in [-0.2, 0) is 6.54 Å². The molecule has 0 fully saturated rings. The lowest BCUT2D eigenvalue weighted by Gasteiger charge is -2.17. The minimum absolute atomic E-state index is 0.0604. The van der Waals surface area contributed by atoms with Gasteiger partial charge in [-0.1, -0.05) is 18.9 Å². The van der Waals surface area contributed by atoms with Gasteiger partial charge in [0, 0.05) is 5.54 Å². The number of nitrogens with zero attached hydrogens (tertiary/aromatic N) is 2. The van der Waals surface area contributed by atoms with Crippen molar-refractivity contribution in [3.05, 3.63) is 5.89 Å². The Hall–Kier alpha value is -1.10. The molecule has 1 heterocycles. The van der Waals surface area contributed by atoms with Gasteiger partial charge in [-0.05, 0) is 33.2 Å². The predicted octanol–water partition coefficient (Wildman–Crippen LogP) is 2.03. The summed E-state index contributed by atoms with van der Waals surface area (Å²) in [7, 11) is 0. The number of hydrogen-bond donors (Lipinski definition) is 2. The fraction of sp³-hybridized carbons (Fsp3) is 0.818. The normalized spacial score (nSPS) is 12.1. The lowest BCUT2D eigenvalue weighted by molar-refractivity contribution is 0.450. The molecule has 0 saturated heterocycles. The lowest BCUT2D eigenvalue weighted by Crippen LogP contribution is -2.26. The van der Waals surface area contributed by atoms with Crippen LogP contribution in [-0.4, -0.2) is 22.3 Å². The first kappa shape index (κ1) is 13.0. The Bertz CT molecular complexity index is 314. The molecule has 0 radical (unpaired) electrons. The molecule has 0 atom stereocenters. The molecule has 1 aromatic rings. The molecule has 5 heteroatoms. The zero-order valence-electron chi connectivity index (χ0n) is 10.8. The first-order valence-corrected chi connectivity index (χ1v) is 5.68. The molecule has 92 valence electrons. The zero-order valence-corrected chi connectivity index (χ0v) is 10.8. The second-order valence-corrected chi connectivity index (χ2v) is 5.40. The van der Waals surface area contributed by atoms with Gasteiger partial charge in [-0.2, -0.15) is 0 Å². The van der Waals surface area contributed by atoms with E-state index in [0.717, 1.165) is 6.54 Å². The number of aromatic nitrogens is 2. The third-order valence-corrected chi connectivity index (χ3v) is 1.78. The number of anilines is 1. The van der Waals surface area contributed by atoms with Crippen LogP contribution in [0.25, 0.3) is 0 Å². The second kappa shape index (κ2) is 5.30. The first-order chi connectivity index (χ1) is 7.37. The third kappa shape index (κ3) is 5.11. The molecule has 0 bridgehead atoms. The largest absolute Gasteiger partial charge is 0.407 e. The summed E-state index contributed by atoms with van der Waals surface area (Å²) in [5.41, 5.74) is -0.0604. The molecule has 1 rings (SSSR count). The van der Waals surface area contributed by atoms with Gasteiger partial charge in [0.2, 0.25) is 5.89 Å². The van der Waals surface area contributed by atoms with Crippen molar-refractivity contribution in [1.82, 2.24) is 15.5 Å². The maximum atomic E-state index is 5.45. The van der Waals surface area contributed by atoms with Gasteiger partial charge in [0.15, 0.2) is 0 Å². The Morgan fingerprint density at radius 3 is 2.50 bits per heavy atom. The molecule has 1 aromatic heterocycles. The Morgan fingerprint density at radius 2 is 1.94 bits per heavy atom. The molecule has 0 spiro atoms. The van der Waals surface area contributed by atoms with Crippen LogP contribution >= 0.6 is 0 Å². The van der Waals surface area contributed by atoms with E-state index in [2.05, 4.69) is 34.7 Å². The molecule has 0 unspecified atom stereocenters. The van der Waals surface area contributed by atoms with Crippen LogP contribution in [0.4, 0.5) is 6.01 Å². The van der Waals surface area contributed by atoms with Gasteiger partial charge in [-0.25, -0.2) is 0 Å². The van der Waals surface area contributed by atoms with E-state index in [1.54, 1.807) is 0 Å². The van der Waals surface area contributed by atoms with Gasteiger partial charge in [-0.15, -0.1) is 5.10 Å². The van der Waals surface area contributed by atoms with Crippen LogP contribution < -0.4 is 10.6 Å². The quantitative estimate of drug-likeness (QED) is 0.804. The first-order valence-electron chi connectivity index (χ1n) is 5.68. The maximum absolute atomic E-state index is 5.45. The SMILES string of the molecule is CC(C)CNCc1nnc(NC(C)(C)C)o1. The molecular weight excluding hydrogens is 204 g/mol. The molecule has 2 N–H and O–H groups in total. The highest BCUT2D eigenvalue weighted by atomic mass is 16.4. The monoisotopic (exact) mass is 226 g/mol. The van der Waals surface area contributed by atoms with Crippen LogP contribution in [0.5, 0.6) is 0 Å². The van der Waals surface area contributed by atoms with Crippen LogP contribution in [0.3, 0.4) is 0 Å². The maximum Gasteiger partial charge on any atom is 0.315 e. The highest BCUT2D eigenvalue weighted by Gasteiger charge is 2.14. The van der Waals surface area contributed by atoms with Crippen LogP contribution in [0.1, 0.15) is 40.5 Å². The summed E-state index contributed by atoms with van der Waals surface area (Å²) in [6.07, 6.45) is 0. The van der Waals surface area contributed by atoms with Crippen molar-refractivity contribution in [1.29, 1.82) is 0 Å².